The van der Waals surface area contributed by atoms with Crippen LogP contribution < -0.4 is 16.6 Å². The summed E-state index contributed by atoms with van der Waals surface area (Å²) in [6.07, 6.45) is -0.870. The van der Waals surface area contributed by atoms with Crippen molar-refractivity contribution in [3.63, 3.8) is 0 Å². The van der Waals surface area contributed by atoms with Gasteiger partial charge < -0.3 is 15.8 Å². The summed E-state index contributed by atoms with van der Waals surface area (Å²) >= 11 is 6.01. The summed E-state index contributed by atoms with van der Waals surface area (Å²) in [5.74, 6) is 0.302. The zero-order valence-corrected chi connectivity index (χ0v) is 18.7. The maximum absolute atomic E-state index is 13.7. The summed E-state index contributed by atoms with van der Waals surface area (Å²) in [7, 11) is 1.62. The van der Waals surface area contributed by atoms with Gasteiger partial charge >= 0.3 is 6.18 Å². The number of pyridine rings is 1. The Kier molecular flexibility index (Phi) is 6.49. The molecule has 0 amide bonds. The van der Waals surface area contributed by atoms with Crippen molar-refractivity contribution in [1.29, 1.82) is 0 Å². The third-order valence-corrected chi connectivity index (χ3v) is 5.39. The van der Waals surface area contributed by atoms with Crippen LogP contribution >= 0.6 is 11.6 Å². The molecule has 2 aromatic carbocycles. The van der Waals surface area contributed by atoms with Crippen LogP contribution in [0.15, 0.2) is 64.4 Å². The molecule has 3 aromatic rings. The molecule has 6 nitrogen and oxygen atoms in total. The number of hydrogen-bond donors (Lipinski definition) is 2. The second kappa shape index (κ2) is 9.36. The summed E-state index contributed by atoms with van der Waals surface area (Å²) in [6, 6.07) is 13.4. The first-order valence-corrected chi connectivity index (χ1v) is 10.6. The van der Waals surface area contributed by atoms with E-state index in [2.05, 4.69) is 10.3 Å². The van der Waals surface area contributed by atoms with Crippen LogP contribution in [0.2, 0.25) is 5.02 Å². The van der Waals surface area contributed by atoms with Crippen molar-refractivity contribution < 1.29 is 17.9 Å². The summed E-state index contributed by atoms with van der Waals surface area (Å²) in [6.45, 7) is -1.43. The molecule has 0 aliphatic carbocycles. The molecule has 1 aliphatic heterocycles. The largest absolute Gasteiger partial charge is 0.411 e. The predicted octanol–water partition coefficient (Wildman–Crippen LogP) is 5.13. The molecule has 0 saturated carbocycles. The number of hydrogen-bond acceptors (Lipinski definition) is 5. The van der Waals surface area contributed by atoms with E-state index in [1.54, 1.807) is 67.9 Å². The Morgan fingerprint density at radius 2 is 1.94 bits per heavy atom. The van der Waals surface area contributed by atoms with Gasteiger partial charge in [-0.2, -0.15) is 13.2 Å². The fraction of sp³-hybridized carbons (Fsp3) is 0.167. The van der Waals surface area contributed by atoms with Gasteiger partial charge in [0.2, 0.25) is 0 Å². The normalized spacial score (nSPS) is 15.4. The number of nitrogens with one attached hydrogen (secondary N) is 1. The second-order valence-electron chi connectivity index (χ2n) is 7.56. The van der Waals surface area contributed by atoms with E-state index in [0.717, 1.165) is 0 Å². The first-order valence-electron chi connectivity index (χ1n) is 10.2. The van der Waals surface area contributed by atoms with Gasteiger partial charge in [0.05, 0.1) is 5.69 Å². The summed E-state index contributed by atoms with van der Waals surface area (Å²) in [4.78, 5) is 17.7. The smallest absolute Gasteiger partial charge is 0.398 e. The van der Waals surface area contributed by atoms with Crippen molar-refractivity contribution in [1.82, 2.24) is 4.57 Å². The molecule has 34 heavy (non-hydrogen) atoms. The lowest BCUT2D eigenvalue weighted by molar-refractivity contribution is -0.178. The number of nitrogens with two attached hydrogens (primary N) is 1. The van der Waals surface area contributed by atoms with E-state index >= 15 is 0 Å². The first-order chi connectivity index (χ1) is 16.2. The van der Waals surface area contributed by atoms with Crippen LogP contribution in [-0.4, -0.2) is 36.8 Å². The Hall–Kier alpha value is -3.56. The van der Waals surface area contributed by atoms with Crippen molar-refractivity contribution in [2.45, 2.75) is 12.4 Å². The number of halogens is 4. The number of anilines is 2. The molecule has 1 unspecified atom stereocenters. The zero-order valence-electron chi connectivity index (χ0n) is 17.9. The molecule has 0 saturated heterocycles. The maximum Gasteiger partial charge on any atom is 0.411 e. The number of aliphatic imine (C=N–C) groups is 1. The third-order valence-electron chi connectivity index (χ3n) is 5.14. The minimum absolute atomic E-state index is 0.302. The van der Waals surface area contributed by atoms with E-state index in [0.29, 0.717) is 44.5 Å². The Balaban J connectivity index is 1.87. The molecule has 0 bridgehead atoms. The van der Waals surface area contributed by atoms with Gasteiger partial charge in [-0.1, -0.05) is 23.7 Å². The molecule has 4 rings (SSSR count). The molecular weight excluding hydrogens is 469 g/mol. The van der Waals surface area contributed by atoms with Gasteiger partial charge in [0.15, 0.2) is 0 Å². The molecule has 0 radical (unpaired) electrons. The Bertz CT molecular complexity index is 1330. The lowest BCUT2D eigenvalue weighted by Crippen LogP contribution is -2.33. The van der Waals surface area contributed by atoms with Crippen molar-refractivity contribution in [2.75, 3.05) is 24.7 Å². The number of fused-ring (bicyclic) bond motifs is 1. The average molecular weight is 489 g/mol. The van der Waals surface area contributed by atoms with E-state index in [1.165, 1.54) is 10.6 Å². The van der Waals surface area contributed by atoms with E-state index in [-0.39, 0.29) is 5.56 Å². The van der Waals surface area contributed by atoms with Gasteiger partial charge in [0.1, 0.15) is 18.7 Å². The van der Waals surface area contributed by atoms with Crippen LogP contribution in [0.3, 0.4) is 0 Å². The summed E-state index contributed by atoms with van der Waals surface area (Å²) in [5.41, 5.74) is 8.86. The minimum Gasteiger partial charge on any atom is -0.398 e. The maximum atomic E-state index is 13.7. The SMILES string of the molecule is CN=Cc1cc(-c2cc3c(n(-c4ccc(Cl)cc4)c2=O)NC(OCC(F)(F)F)C=C3)ccc1N. The van der Waals surface area contributed by atoms with Crippen LogP contribution in [-0.2, 0) is 4.74 Å². The van der Waals surface area contributed by atoms with E-state index < -0.39 is 19.0 Å². The number of alkyl halides is 3. The van der Waals surface area contributed by atoms with E-state index in [9.17, 15) is 18.0 Å². The number of nitrogen functional groups attached to an aromatic ring is 1. The summed E-state index contributed by atoms with van der Waals surface area (Å²) < 4.78 is 44.3. The highest BCUT2D eigenvalue weighted by Gasteiger charge is 2.30. The number of nitrogens with zero attached hydrogens (tertiary/aromatic N) is 2. The van der Waals surface area contributed by atoms with E-state index in [1.807, 2.05) is 0 Å². The number of rotatable bonds is 5. The highest BCUT2D eigenvalue weighted by Crippen LogP contribution is 2.31. The lowest BCUT2D eigenvalue weighted by Gasteiger charge is -2.27. The standard InChI is InChI=1S/C24H20ClF3N4O2/c1-30-12-16-10-14(2-8-20(16)29)19-11-15-3-9-21(34-13-24(26,27)28)31-22(15)32(23(19)33)18-6-4-17(25)5-7-18/h2-12,21,31H,13,29H2,1H3. The van der Waals surface area contributed by atoms with Crippen molar-refractivity contribution >= 4 is 35.4 Å². The summed E-state index contributed by atoms with van der Waals surface area (Å²) in [5, 5.41) is 3.37. The molecule has 1 aromatic heterocycles. The van der Waals surface area contributed by atoms with Crippen molar-refractivity contribution in [2.24, 2.45) is 4.99 Å². The number of benzene rings is 2. The highest BCUT2D eigenvalue weighted by molar-refractivity contribution is 6.30. The van der Waals surface area contributed by atoms with Crippen LogP contribution in [0, 0.1) is 0 Å². The van der Waals surface area contributed by atoms with Gasteiger partial charge in [-0.15, -0.1) is 0 Å². The Labute approximate surface area is 198 Å². The van der Waals surface area contributed by atoms with Gasteiger partial charge in [-0.25, -0.2) is 0 Å². The lowest BCUT2D eigenvalue weighted by atomic mass is 10.0. The average Bonchev–Trinajstić information content (AvgIpc) is 2.79. The molecule has 0 fully saturated rings. The molecule has 3 N–H and O–H groups in total. The van der Waals surface area contributed by atoms with Crippen LogP contribution in [0.4, 0.5) is 24.7 Å². The van der Waals surface area contributed by atoms with Crippen LogP contribution in [0.1, 0.15) is 11.1 Å². The second-order valence-corrected chi connectivity index (χ2v) is 8.00. The van der Waals surface area contributed by atoms with Gasteiger partial charge in [-0.3, -0.25) is 14.4 Å². The molecule has 1 aliphatic rings. The topological polar surface area (TPSA) is 81.6 Å². The number of ether oxygens (including phenoxy) is 1. The minimum atomic E-state index is -4.48. The van der Waals surface area contributed by atoms with Gasteiger partial charge in [0.25, 0.3) is 5.56 Å². The molecule has 10 heteroatoms. The zero-order chi connectivity index (χ0) is 24.5. The Morgan fingerprint density at radius 1 is 1.21 bits per heavy atom. The quantitative estimate of drug-likeness (QED) is 0.385. The molecular formula is C24H20ClF3N4O2. The van der Waals surface area contributed by atoms with Crippen LogP contribution in [0.5, 0.6) is 0 Å². The fourth-order valence-corrected chi connectivity index (χ4v) is 3.73. The van der Waals surface area contributed by atoms with Crippen molar-refractivity contribution in [3.8, 4) is 16.8 Å². The monoisotopic (exact) mass is 488 g/mol. The van der Waals surface area contributed by atoms with Crippen molar-refractivity contribution in [3.05, 3.63) is 81.1 Å². The third kappa shape index (κ3) is 5.00. The molecule has 176 valence electrons. The molecule has 1 atom stereocenters. The predicted molar refractivity (Wildman–Crippen MR) is 129 cm³/mol. The fourth-order valence-electron chi connectivity index (χ4n) is 3.60. The molecule has 2 heterocycles. The van der Waals surface area contributed by atoms with Gasteiger partial charge in [-0.05, 0) is 54.1 Å². The first kappa shape index (κ1) is 23.6. The van der Waals surface area contributed by atoms with Crippen LogP contribution in [0.25, 0.3) is 22.9 Å². The Morgan fingerprint density at radius 3 is 2.62 bits per heavy atom. The number of aromatic nitrogens is 1. The van der Waals surface area contributed by atoms with Gasteiger partial charge in [0, 0.05) is 40.7 Å². The molecule has 0 spiro atoms. The highest BCUT2D eigenvalue weighted by atomic mass is 35.5. The van der Waals surface area contributed by atoms with E-state index in [4.69, 9.17) is 22.1 Å².